The van der Waals surface area contributed by atoms with Crippen LogP contribution >= 0.6 is 0 Å². The molecule has 328 valence electrons. The Balaban J connectivity index is 1.03. The van der Waals surface area contributed by atoms with E-state index in [1.165, 1.54) is 109 Å². The molecule has 0 amide bonds. The largest absolute Gasteiger partial charge is 0.456 e. The van der Waals surface area contributed by atoms with Crippen molar-refractivity contribution in [1.29, 1.82) is 0 Å². The van der Waals surface area contributed by atoms with Crippen molar-refractivity contribution < 1.29 is 4.42 Å². The van der Waals surface area contributed by atoms with Crippen molar-refractivity contribution in [3.8, 4) is 27.9 Å². The van der Waals surface area contributed by atoms with Crippen LogP contribution in [-0.4, -0.2) is 4.57 Å². The summed E-state index contributed by atoms with van der Waals surface area (Å²) in [4.78, 5) is 2.51. The van der Waals surface area contributed by atoms with Gasteiger partial charge in [0.2, 0.25) is 0 Å². The van der Waals surface area contributed by atoms with Gasteiger partial charge in [0.1, 0.15) is 11.0 Å². The van der Waals surface area contributed by atoms with Crippen molar-refractivity contribution in [2.24, 2.45) is 5.92 Å². The predicted octanol–water partition coefficient (Wildman–Crippen LogP) is 16.6. The van der Waals surface area contributed by atoms with Crippen LogP contribution in [0.25, 0.3) is 83.1 Å². The van der Waals surface area contributed by atoms with E-state index in [-0.39, 0.29) is 0 Å². The van der Waals surface area contributed by atoms with E-state index >= 15 is 0 Å². The predicted molar refractivity (Wildman–Crippen MR) is 286 cm³/mol. The van der Waals surface area contributed by atoms with Gasteiger partial charge in [-0.15, -0.1) is 0 Å². The van der Waals surface area contributed by atoms with E-state index in [4.69, 9.17) is 4.42 Å². The molecule has 2 aliphatic carbocycles. The Bertz CT molecular complexity index is 3840. The van der Waals surface area contributed by atoms with E-state index < -0.39 is 0 Å². The molecule has 0 N–H and O–H groups in total. The summed E-state index contributed by atoms with van der Waals surface area (Å²) in [6, 6.07) is 76.5. The topological polar surface area (TPSA) is 21.3 Å². The first-order valence-corrected chi connectivity index (χ1v) is 24.6. The summed E-state index contributed by atoms with van der Waals surface area (Å²) < 4.78 is 8.94. The number of furan rings is 1. The molecule has 2 aromatic heterocycles. The van der Waals surface area contributed by atoms with Crippen molar-refractivity contribution in [3.63, 3.8) is 0 Å². The lowest BCUT2D eigenvalue weighted by molar-refractivity contribution is 0.445. The standard InChI is InChI=1S/C65H52N2O/c1-43-38-58(65-57-30-10-13-35-62(57)68-63(65)39-43)48-23-15-27-51(41-48)66(59-33-11-9-29-54(59)56-32-17-21-45-20-16-31-52(64(45)56)44-18-4-2-5-19-44)50-26-14-22-46(40-50)47-36-37-55-53-28-8-12-34-60(53)67(61(55)42-47)49-24-6-3-7-25-49/h3,6-17,20-37,39-44H,2,4-5,18-19,38H2,1H3. The third kappa shape index (κ3) is 6.87. The normalized spacial score (nSPS) is 15.2. The Labute approximate surface area is 397 Å². The van der Waals surface area contributed by atoms with Gasteiger partial charge >= 0.3 is 0 Å². The van der Waals surface area contributed by atoms with Crippen LogP contribution in [-0.2, 0) is 0 Å². The van der Waals surface area contributed by atoms with Crippen LogP contribution in [0.5, 0.6) is 0 Å². The molecule has 0 aliphatic heterocycles. The lowest BCUT2D eigenvalue weighted by Crippen LogP contribution is -2.29. The van der Waals surface area contributed by atoms with E-state index in [0.717, 1.165) is 45.7 Å². The first kappa shape index (κ1) is 40.4. The zero-order valence-electron chi connectivity index (χ0n) is 38.4. The Kier molecular flexibility index (Phi) is 9.96. The molecule has 2 heterocycles. The fourth-order valence-electron chi connectivity index (χ4n) is 11.8. The molecule has 0 spiro atoms. The minimum absolute atomic E-state index is 0.345. The summed E-state index contributed by atoms with van der Waals surface area (Å²) in [5, 5.41) is 7.60. The average molecular weight is 877 g/mol. The summed E-state index contributed by atoms with van der Waals surface area (Å²) in [5.41, 5.74) is 17.8. The van der Waals surface area contributed by atoms with Gasteiger partial charge in [-0.05, 0) is 142 Å². The zero-order chi connectivity index (χ0) is 45.1. The Morgan fingerprint density at radius 3 is 2.03 bits per heavy atom. The summed E-state index contributed by atoms with van der Waals surface area (Å²) in [6.07, 6.45) is 9.68. The van der Waals surface area contributed by atoms with Gasteiger partial charge in [-0.2, -0.15) is 0 Å². The van der Waals surface area contributed by atoms with Crippen molar-refractivity contribution in [2.45, 2.75) is 51.4 Å². The molecule has 3 nitrogen and oxygen atoms in total. The van der Waals surface area contributed by atoms with Crippen LogP contribution in [0.4, 0.5) is 17.1 Å². The van der Waals surface area contributed by atoms with Gasteiger partial charge in [0.15, 0.2) is 0 Å². The maximum absolute atomic E-state index is 6.53. The van der Waals surface area contributed by atoms with E-state index in [1.807, 2.05) is 0 Å². The van der Waals surface area contributed by atoms with Crippen molar-refractivity contribution in [1.82, 2.24) is 4.57 Å². The third-order valence-electron chi connectivity index (χ3n) is 14.9. The van der Waals surface area contributed by atoms with Crippen molar-refractivity contribution >= 4 is 72.3 Å². The molecule has 1 unspecified atom stereocenters. The molecular formula is C65H52N2O. The Morgan fingerprint density at radius 2 is 1.18 bits per heavy atom. The van der Waals surface area contributed by atoms with Gasteiger partial charge in [-0.25, -0.2) is 0 Å². The smallest absolute Gasteiger partial charge is 0.135 e. The molecular weight excluding hydrogens is 825 g/mol. The summed E-state index contributed by atoms with van der Waals surface area (Å²) in [5.74, 6) is 0.914. The van der Waals surface area contributed by atoms with Crippen LogP contribution in [0.15, 0.2) is 211 Å². The molecule has 9 aromatic carbocycles. The number of hydrogen-bond donors (Lipinski definition) is 0. The van der Waals surface area contributed by atoms with E-state index in [0.29, 0.717) is 11.8 Å². The van der Waals surface area contributed by atoms with Crippen molar-refractivity contribution in [2.75, 3.05) is 4.90 Å². The molecule has 0 saturated heterocycles. The number of aromatic nitrogens is 1. The molecule has 2 aliphatic rings. The zero-order valence-corrected chi connectivity index (χ0v) is 38.4. The molecule has 1 saturated carbocycles. The fourth-order valence-corrected chi connectivity index (χ4v) is 11.8. The SMILES string of the molecule is CC1C=c2oc3ccccc3c2=C(c2cccc(N(c3cccc(-c4ccc5c6ccccc6n(-c6ccccc6)c5c4)c3)c3ccccc3-c3cccc4cccc(C5CCCCC5)c34)c2)C1. The third-order valence-corrected chi connectivity index (χ3v) is 14.9. The highest BCUT2D eigenvalue weighted by Crippen LogP contribution is 2.47. The van der Waals surface area contributed by atoms with Gasteiger partial charge in [0.05, 0.1) is 16.7 Å². The molecule has 68 heavy (non-hydrogen) atoms. The molecule has 3 heteroatoms. The van der Waals surface area contributed by atoms with Crippen LogP contribution in [0.3, 0.4) is 0 Å². The van der Waals surface area contributed by atoms with Gasteiger partial charge < -0.3 is 13.9 Å². The number of anilines is 3. The molecule has 11 aromatic rings. The fraction of sp³-hybridized carbons (Fsp3) is 0.138. The molecule has 1 atom stereocenters. The van der Waals surface area contributed by atoms with Gasteiger partial charge in [0.25, 0.3) is 0 Å². The lowest BCUT2D eigenvalue weighted by Gasteiger charge is -2.30. The Hall–Kier alpha value is -7.88. The molecule has 0 bridgehead atoms. The highest BCUT2D eigenvalue weighted by molar-refractivity contribution is 6.10. The van der Waals surface area contributed by atoms with Crippen molar-refractivity contribution in [3.05, 3.63) is 228 Å². The van der Waals surface area contributed by atoms with E-state index in [2.05, 4.69) is 229 Å². The summed E-state index contributed by atoms with van der Waals surface area (Å²) >= 11 is 0. The van der Waals surface area contributed by atoms with Gasteiger partial charge in [0, 0.05) is 44.0 Å². The van der Waals surface area contributed by atoms with Gasteiger partial charge in [-0.3, -0.25) is 0 Å². The second-order valence-electron chi connectivity index (χ2n) is 19.1. The number of nitrogens with zero attached hydrogens (tertiary/aromatic N) is 2. The molecule has 13 rings (SSSR count). The van der Waals surface area contributed by atoms with E-state index in [9.17, 15) is 0 Å². The second-order valence-corrected chi connectivity index (χ2v) is 19.1. The lowest BCUT2D eigenvalue weighted by atomic mass is 9.80. The number of rotatable bonds is 8. The number of para-hydroxylation sites is 4. The number of fused-ring (bicyclic) bond motifs is 7. The van der Waals surface area contributed by atoms with Crippen LogP contribution in [0.2, 0.25) is 0 Å². The monoisotopic (exact) mass is 876 g/mol. The summed E-state index contributed by atoms with van der Waals surface area (Å²) in [6.45, 7) is 2.30. The van der Waals surface area contributed by atoms with Gasteiger partial charge in [-0.1, -0.05) is 172 Å². The Morgan fingerprint density at radius 1 is 0.515 bits per heavy atom. The van der Waals surface area contributed by atoms with Crippen LogP contribution in [0, 0.1) is 5.92 Å². The van der Waals surface area contributed by atoms with E-state index in [1.54, 1.807) is 0 Å². The minimum Gasteiger partial charge on any atom is -0.456 e. The summed E-state index contributed by atoms with van der Waals surface area (Å²) in [7, 11) is 0. The maximum Gasteiger partial charge on any atom is 0.135 e. The highest BCUT2D eigenvalue weighted by atomic mass is 16.3. The highest BCUT2D eigenvalue weighted by Gasteiger charge is 2.25. The first-order chi connectivity index (χ1) is 33.6. The van der Waals surface area contributed by atoms with Crippen LogP contribution < -0.4 is 15.5 Å². The first-order valence-electron chi connectivity index (χ1n) is 24.6. The maximum atomic E-state index is 6.53. The number of hydrogen-bond acceptors (Lipinski definition) is 2. The molecule has 0 radical (unpaired) electrons. The second kappa shape index (κ2) is 16.8. The van der Waals surface area contributed by atoms with Crippen LogP contribution in [0.1, 0.15) is 62.5 Å². The quantitative estimate of drug-likeness (QED) is 0.152. The molecule has 1 fully saturated rings. The minimum atomic E-state index is 0.345. The average Bonchev–Trinajstić information content (AvgIpc) is 3.94. The number of benzene rings is 9.